The summed E-state index contributed by atoms with van der Waals surface area (Å²) in [7, 11) is 0. The minimum Gasteiger partial charge on any atom is -0.486 e. The Morgan fingerprint density at radius 3 is 2.59 bits per heavy atom. The maximum atomic E-state index is 12.5. The van der Waals surface area contributed by atoms with E-state index in [1.54, 1.807) is 36.5 Å². The highest BCUT2D eigenvalue weighted by Gasteiger charge is 2.13. The van der Waals surface area contributed by atoms with Crippen LogP contribution >= 0.6 is 0 Å². The molecule has 0 fully saturated rings. The highest BCUT2D eigenvalue weighted by molar-refractivity contribution is 6.04. The molecule has 0 atom stereocenters. The average molecular weight is 361 g/mol. The Balaban J connectivity index is 1.43. The Morgan fingerprint density at radius 1 is 0.963 bits per heavy atom. The average Bonchev–Trinajstić information content (AvgIpc) is 2.68. The first-order valence-electron chi connectivity index (χ1n) is 8.68. The van der Waals surface area contributed by atoms with E-state index < -0.39 is 0 Å². The number of nitrogens with one attached hydrogen (secondary N) is 2. The lowest BCUT2D eigenvalue weighted by molar-refractivity contribution is 0.102. The summed E-state index contributed by atoms with van der Waals surface area (Å²) in [6.45, 7) is 3.07. The first-order chi connectivity index (χ1) is 13.2. The number of anilines is 3. The summed E-state index contributed by atoms with van der Waals surface area (Å²) in [4.78, 5) is 16.8. The van der Waals surface area contributed by atoms with Crippen molar-refractivity contribution in [2.24, 2.45) is 0 Å². The molecular weight excluding hydrogens is 342 g/mol. The molecule has 0 spiro atoms. The number of benzene rings is 2. The number of aromatic nitrogens is 1. The van der Waals surface area contributed by atoms with E-state index in [-0.39, 0.29) is 5.91 Å². The molecule has 0 saturated heterocycles. The Labute approximate surface area is 157 Å². The minimum atomic E-state index is -0.235. The van der Waals surface area contributed by atoms with Gasteiger partial charge in [-0.2, -0.15) is 0 Å². The molecular formula is C21H19N3O3. The number of pyridine rings is 1. The fourth-order valence-corrected chi connectivity index (χ4v) is 2.80. The topological polar surface area (TPSA) is 72.5 Å². The van der Waals surface area contributed by atoms with Gasteiger partial charge in [0, 0.05) is 23.6 Å². The van der Waals surface area contributed by atoms with Crippen LogP contribution in [0.1, 0.15) is 15.9 Å². The van der Waals surface area contributed by atoms with Crippen LogP contribution in [0.3, 0.4) is 0 Å². The lowest BCUT2D eigenvalue weighted by Crippen LogP contribution is -2.16. The number of carbonyl (C=O) groups is 1. The van der Waals surface area contributed by atoms with Crippen molar-refractivity contribution >= 4 is 23.1 Å². The van der Waals surface area contributed by atoms with Gasteiger partial charge in [-0.15, -0.1) is 0 Å². The molecule has 6 nitrogen and oxygen atoms in total. The predicted molar refractivity (Wildman–Crippen MR) is 104 cm³/mol. The lowest BCUT2D eigenvalue weighted by Gasteiger charge is -2.19. The number of hydrogen-bond donors (Lipinski definition) is 2. The van der Waals surface area contributed by atoms with E-state index in [2.05, 4.69) is 15.6 Å². The SMILES string of the molecule is Cc1cccc(Nc2ccc(C(=O)Nc3ccc4c(c3)OCCO4)cn2)c1. The first kappa shape index (κ1) is 16.9. The second kappa shape index (κ2) is 7.37. The molecule has 0 radical (unpaired) electrons. The van der Waals surface area contributed by atoms with E-state index in [1.807, 2.05) is 31.2 Å². The maximum Gasteiger partial charge on any atom is 0.257 e. The predicted octanol–water partition coefficient (Wildman–Crippen LogP) is 4.16. The van der Waals surface area contributed by atoms with E-state index >= 15 is 0 Å². The molecule has 1 aromatic heterocycles. The molecule has 1 amide bonds. The van der Waals surface area contributed by atoms with E-state index in [0.717, 1.165) is 11.3 Å². The molecule has 6 heteroatoms. The highest BCUT2D eigenvalue weighted by Crippen LogP contribution is 2.32. The molecule has 2 heterocycles. The van der Waals surface area contributed by atoms with Crippen molar-refractivity contribution in [3.8, 4) is 11.5 Å². The van der Waals surface area contributed by atoms with Crippen molar-refractivity contribution in [2.45, 2.75) is 6.92 Å². The third-order valence-electron chi connectivity index (χ3n) is 4.12. The van der Waals surface area contributed by atoms with Crippen LogP contribution in [0.15, 0.2) is 60.8 Å². The van der Waals surface area contributed by atoms with Crippen molar-refractivity contribution in [3.63, 3.8) is 0 Å². The van der Waals surface area contributed by atoms with Crippen LogP contribution in [0, 0.1) is 6.92 Å². The minimum absolute atomic E-state index is 0.235. The molecule has 27 heavy (non-hydrogen) atoms. The number of aryl methyl sites for hydroxylation is 1. The fraction of sp³-hybridized carbons (Fsp3) is 0.143. The number of carbonyl (C=O) groups excluding carboxylic acids is 1. The molecule has 2 aromatic carbocycles. The van der Waals surface area contributed by atoms with Gasteiger partial charge >= 0.3 is 0 Å². The van der Waals surface area contributed by atoms with Gasteiger partial charge in [0.15, 0.2) is 11.5 Å². The van der Waals surface area contributed by atoms with E-state index in [1.165, 1.54) is 0 Å². The van der Waals surface area contributed by atoms with Crippen molar-refractivity contribution in [2.75, 3.05) is 23.8 Å². The second-order valence-electron chi connectivity index (χ2n) is 6.24. The monoisotopic (exact) mass is 361 g/mol. The van der Waals surface area contributed by atoms with Gasteiger partial charge in [-0.05, 0) is 48.9 Å². The van der Waals surface area contributed by atoms with Gasteiger partial charge in [-0.25, -0.2) is 4.98 Å². The normalized spacial score (nSPS) is 12.3. The zero-order valence-electron chi connectivity index (χ0n) is 14.9. The summed E-state index contributed by atoms with van der Waals surface area (Å²) in [6, 6.07) is 16.9. The summed E-state index contributed by atoms with van der Waals surface area (Å²) in [5.41, 5.74) is 3.23. The standard InChI is InChI=1S/C21H19N3O3/c1-14-3-2-4-16(11-14)23-20-8-5-15(13-22-20)21(25)24-17-6-7-18-19(12-17)27-10-9-26-18/h2-8,11-13H,9-10H2,1H3,(H,22,23)(H,24,25). The largest absolute Gasteiger partial charge is 0.486 e. The van der Waals surface area contributed by atoms with Gasteiger partial charge in [0.05, 0.1) is 5.56 Å². The molecule has 3 aromatic rings. The van der Waals surface area contributed by atoms with E-state index in [9.17, 15) is 4.79 Å². The number of nitrogens with zero attached hydrogens (tertiary/aromatic N) is 1. The summed E-state index contributed by atoms with van der Waals surface area (Å²) >= 11 is 0. The van der Waals surface area contributed by atoms with Gasteiger partial charge in [0.25, 0.3) is 5.91 Å². The molecule has 136 valence electrons. The third kappa shape index (κ3) is 4.00. The van der Waals surface area contributed by atoms with Crippen molar-refractivity contribution in [3.05, 3.63) is 71.9 Å². The van der Waals surface area contributed by atoms with Crippen molar-refractivity contribution in [1.29, 1.82) is 0 Å². The van der Waals surface area contributed by atoms with Crippen LogP contribution < -0.4 is 20.1 Å². The summed E-state index contributed by atoms with van der Waals surface area (Å²) < 4.78 is 11.0. The van der Waals surface area contributed by atoms with Crippen LogP contribution in [-0.4, -0.2) is 24.1 Å². The van der Waals surface area contributed by atoms with Gasteiger partial charge in [0.1, 0.15) is 19.0 Å². The van der Waals surface area contributed by atoms with Crippen LogP contribution in [0.2, 0.25) is 0 Å². The zero-order valence-corrected chi connectivity index (χ0v) is 14.9. The van der Waals surface area contributed by atoms with Crippen LogP contribution in [-0.2, 0) is 0 Å². The van der Waals surface area contributed by atoms with Crippen LogP contribution in [0.5, 0.6) is 11.5 Å². The molecule has 1 aliphatic rings. The number of rotatable bonds is 4. The van der Waals surface area contributed by atoms with E-state index in [4.69, 9.17) is 9.47 Å². The summed E-state index contributed by atoms with van der Waals surface area (Å²) in [6.07, 6.45) is 1.55. The zero-order chi connectivity index (χ0) is 18.6. The van der Waals surface area contributed by atoms with Crippen LogP contribution in [0.4, 0.5) is 17.2 Å². The lowest BCUT2D eigenvalue weighted by atomic mass is 10.2. The summed E-state index contributed by atoms with van der Waals surface area (Å²) in [5.74, 6) is 1.76. The Morgan fingerprint density at radius 2 is 1.81 bits per heavy atom. The molecule has 0 saturated carbocycles. The van der Waals surface area contributed by atoms with Crippen molar-refractivity contribution in [1.82, 2.24) is 4.98 Å². The molecule has 1 aliphatic heterocycles. The highest BCUT2D eigenvalue weighted by atomic mass is 16.6. The Kier molecular flexibility index (Phi) is 4.61. The van der Waals surface area contributed by atoms with Gasteiger partial charge in [-0.3, -0.25) is 4.79 Å². The number of ether oxygens (including phenoxy) is 2. The molecule has 4 rings (SSSR count). The number of hydrogen-bond acceptors (Lipinski definition) is 5. The first-order valence-corrected chi connectivity index (χ1v) is 8.68. The molecule has 0 unspecified atom stereocenters. The number of fused-ring (bicyclic) bond motifs is 1. The number of amides is 1. The van der Waals surface area contributed by atoms with Gasteiger partial charge in [-0.1, -0.05) is 12.1 Å². The van der Waals surface area contributed by atoms with Gasteiger partial charge < -0.3 is 20.1 Å². The third-order valence-corrected chi connectivity index (χ3v) is 4.12. The molecule has 0 bridgehead atoms. The second-order valence-corrected chi connectivity index (χ2v) is 6.24. The van der Waals surface area contributed by atoms with Crippen LogP contribution in [0.25, 0.3) is 0 Å². The van der Waals surface area contributed by atoms with E-state index in [0.29, 0.717) is 41.8 Å². The quantitative estimate of drug-likeness (QED) is 0.730. The smallest absolute Gasteiger partial charge is 0.257 e. The van der Waals surface area contributed by atoms with Crippen molar-refractivity contribution < 1.29 is 14.3 Å². The summed E-state index contributed by atoms with van der Waals surface area (Å²) in [5, 5.41) is 6.07. The molecule has 2 N–H and O–H groups in total. The maximum absolute atomic E-state index is 12.5. The van der Waals surface area contributed by atoms with Gasteiger partial charge in [0.2, 0.25) is 0 Å². The molecule has 0 aliphatic carbocycles. The fourth-order valence-electron chi connectivity index (χ4n) is 2.80. The Hall–Kier alpha value is -3.54. The Bertz CT molecular complexity index is 971.